The minimum absolute atomic E-state index is 0.212. The Labute approximate surface area is 204 Å². The lowest BCUT2D eigenvalue weighted by atomic mass is 9.71. The lowest BCUT2D eigenvalue weighted by Crippen LogP contribution is -2.58. The van der Waals surface area contributed by atoms with Gasteiger partial charge in [-0.05, 0) is 44.2 Å². The van der Waals surface area contributed by atoms with E-state index >= 15 is 0 Å². The molecule has 0 saturated carbocycles. The number of hydrogen-bond donors (Lipinski definition) is 5. The van der Waals surface area contributed by atoms with Gasteiger partial charge in [-0.1, -0.05) is 30.3 Å². The van der Waals surface area contributed by atoms with Crippen LogP contribution in [0.4, 0.5) is 0 Å². The van der Waals surface area contributed by atoms with Gasteiger partial charge in [-0.25, -0.2) is 4.79 Å². The molecule has 0 unspecified atom stereocenters. The summed E-state index contributed by atoms with van der Waals surface area (Å²) >= 11 is 0. The second-order valence-corrected chi connectivity index (χ2v) is 8.77. The largest absolute Gasteiger partial charge is 0.481 e. The molecule has 2 rings (SSSR count). The monoisotopic (exact) mass is 490 g/mol. The van der Waals surface area contributed by atoms with Crippen molar-refractivity contribution in [2.45, 2.75) is 62.9 Å². The quantitative estimate of drug-likeness (QED) is 0.258. The third-order valence-electron chi connectivity index (χ3n) is 6.29. The number of carboxylic acids is 2. The van der Waals surface area contributed by atoms with Crippen LogP contribution in [0.1, 0.15) is 51.0 Å². The highest BCUT2D eigenvalue weighted by molar-refractivity contribution is 5.93. The molecule has 1 fully saturated rings. The number of nitrogens with zero attached hydrogens (tertiary/aromatic N) is 1. The number of carbonyl (C=O) groups excluding carboxylic acids is 3. The Balaban J connectivity index is 2.23. The van der Waals surface area contributed by atoms with Crippen molar-refractivity contribution in [3.8, 4) is 0 Å². The molecule has 2 atom stereocenters. The summed E-state index contributed by atoms with van der Waals surface area (Å²) in [7, 11) is 0. The predicted octanol–water partition coefficient (Wildman–Crippen LogP) is 0.225. The number of likely N-dealkylation sites (tertiary alicyclic amines) is 1. The molecule has 1 aromatic rings. The number of piperidine rings is 1. The third-order valence-corrected chi connectivity index (χ3v) is 6.29. The van der Waals surface area contributed by atoms with Gasteiger partial charge in [0.15, 0.2) is 0 Å². The molecular formula is C24H34N4O7. The Bertz CT molecular complexity index is 914. The fraction of sp³-hybridized carbons (Fsp3) is 0.542. The van der Waals surface area contributed by atoms with Crippen LogP contribution in [0.25, 0.3) is 0 Å². The molecule has 6 N–H and O–H groups in total. The Morgan fingerprint density at radius 1 is 1.00 bits per heavy atom. The van der Waals surface area contributed by atoms with Crippen molar-refractivity contribution in [3.05, 3.63) is 35.9 Å². The number of benzene rings is 1. The molecule has 0 radical (unpaired) electrons. The second-order valence-electron chi connectivity index (χ2n) is 8.77. The van der Waals surface area contributed by atoms with E-state index in [1.54, 1.807) is 35.2 Å². The van der Waals surface area contributed by atoms with Crippen LogP contribution in [0, 0.1) is 0 Å². The lowest BCUT2D eigenvalue weighted by Gasteiger charge is -2.42. The fourth-order valence-electron chi connectivity index (χ4n) is 4.40. The molecule has 11 nitrogen and oxygen atoms in total. The van der Waals surface area contributed by atoms with Gasteiger partial charge in [0.25, 0.3) is 0 Å². The zero-order valence-electron chi connectivity index (χ0n) is 19.9. The summed E-state index contributed by atoms with van der Waals surface area (Å²) in [6.45, 7) is 2.26. The van der Waals surface area contributed by atoms with Crippen molar-refractivity contribution in [1.29, 1.82) is 0 Å². The minimum Gasteiger partial charge on any atom is -0.481 e. The zero-order valence-corrected chi connectivity index (χ0v) is 19.9. The fourth-order valence-corrected chi connectivity index (χ4v) is 4.40. The van der Waals surface area contributed by atoms with Crippen molar-refractivity contribution in [2.24, 2.45) is 5.73 Å². The Hall–Kier alpha value is -3.47. The van der Waals surface area contributed by atoms with Gasteiger partial charge in [-0.3, -0.25) is 19.2 Å². The van der Waals surface area contributed by atoms with Crippen LogP contribution < -0.4 is 16.4 Å². The lowest BCUT2D eigenvalue weighted by molar-refractivity contribution is -0.148. The highest BCUT2D eigenvalue weighted by Crippen LogP contribution is 2.36. The first-order chi connectivity index (χ1) is 16.6. The summed E-state index contributed by atoms with van der Waals surface area (Å²) in [5, 5.41) is 23.5. The van der Waals surface area contributed by atoms with Gasteiger partial charge in [0.1, 0.15) is 12.1 Å². The summed E-state index contributed by atoms with van der Waals surface area (Å²) < 4.78 is 0. The number of carboxylic acid groups (broad SMARTS) is 2. The number of unbranched alkanes of at least 4 members (excludes halogenated alkanes) is 1. The summed E-state index contributed by atoms with van der Waals surface area (Å²) in [6, 6.07) is 6.57. The number of aliphatic carboxylic acids is 2. The molecule has 35 heavy (non-hydrogen) atoms. The molecule has 0 bridgehead atoms. The topological polar surface area (TPSA) is 179 Å². The molecule has 0 aromatic heterocycles. The first-order valence-corrected chi connectivity index (χ1v) is 11.7. The van der Waals surface area contributed by atoms with Gasteiger partial charge in [0.2, 0.25) is 17.7 Å². The third kappa shape index (κ3) is 7.51. The maximum Gasteiger partial charge on any atom is 0.326 e. The molecule has 1 aromatic carbocycles. The van der Waals surface area contributed by atoms with Gasteiger partial charge in [-0.2, -0.15) is 0 Å². The molecule has 0 spiro atoms. The van der Waals surface area contributed by atoms with Crippen molar-refractivity contribution < 1.29 is 34.2 Å². The van der Waals surface area contributed by atoms with Gasteiger partial charge in [0.05, 0.1) is 11.8 Å². The molecular weight excluding hydrogens is 456 g/mol. The van der Waals surface area contributed by atoms with Crippen molar-refractivity contribution in [1.82, 2.24) is 15.5 Å². The number of carbonyl (C=O) groups is 5. The summed E-state index contributed by atoms with van der Waals surface area (Å²) in [5.41, 5.74) is 5.06. The molecule has 0 aliphatic carbocycles. The molecule has 1 aliphatic heterocycles. The van der Waals surface area contributed by atoms with E-state index in [1.165, 1.54) is 6.92 Å². The van der Waals surface area contributed by atoms with Crippen LogP contribution >= 0.6 is 0 Å². The second kappa shape index (κ2) is 12.8. The van der Waals surface area contributed by atoms with Gasteiger partial charge in [0, 0.05) is 20.0 Å². The van der Waals surface area contributed by atoms with Crippen LogP contribution in [-0.4, -0.2) is 76.5 Å². The minimum atomic E-state index is -1.58. The highest BCUT2D eigenvalue weighted by Gasteiger charge is 2.45. The smallest absolute Gasteiger partial charge is 0.326 e. The van der Waals surface area contributed by atoms with E-state index in [0.29, 0.717) is 24.9 Å². The van der Waals surface area contributed by atoms with Crippen LogP contribution in [-0.2, 0) is 29.4 Å². The standard InChI is InChI=1S/C24H34N4O7/c1-16(29)26-18(9-5-6-12-25)21(32)28-13-10-24(11-14-28,17-7-3-2-4-8-17)23(35)27-19(22(33)34)15-20(30)31/h2-4,7-8,18-19H,5-6,9-15,25H2,1H3,(H,26,29)(H,27,35)(H,30,31)(H,33,34)/t18-,19-/m0/s1. The van der Waals surface area contributed by atoms with Gasteiger partial charge < -0.3 is 31.5 Å². The van der Waals surface area contributed by atoms with Crippen molar-refractivity contribution in [3.63, 3.8) is 0 Å². The summed E-state index contributed by atoms with van der Waals surface area (Å²) in [5.74, 6) is -3.93. The molecule has 1 heterocycles. The first kappa shape index (κ1) is 27.8. The predicted molar refractivity (Wildman–Crippen MR) is 126 cm³/mol. The number of nitrogens with two attached hydrogens (primary N) is 1. The molecule has 1 aliphatic rings. The Morgan fingerprint density at radius 3 is 2.14 bits per heavy atom. The highest BCUT2D eigenvalue weighted by atomic mass is 16.4. The van der Waals surface area contributed by atoms with Crippen LogP contribution in [0.3, 0.4) is 0 Å². The van der Waals surface area contributed by atoms with Gasteiger partial charge >= 0.3 is 11.9 Å². The molecule has 1 saturated heterocycles. The maximum atomic E-state index is 13.4. The van der Waals surface area contributed by atoms with Crippen molar-refractivity contribution in [2.75, 3.05) is 19.6 Å². The summed E-state index contributed by atoms with van der Waals surface area (Å²) in [4.78, 5) is 62.4. The van der Waals surface area contributed by atoms with E-state index < -0.39 is 41.8 Å². The maximum absolute atomic E-state index is 13.4. The first-order valence-electron chi connectivity index (χ1n) is 11.7. The van der Waals surface area contributed by atoms with E-state index in [0.717, 1.165) is 6.42 Å². The zero-order chi connectivity index (χ0) is 26.0. The number of hydrogen-bond acceptors (Lipinski definition) is 6. The number of rotatable bonds is 12. The normalized spacial score (nSPS) is 16.6. The van der Waals surface area contributed by atoms with Crippen LogP contribution in [0.15, 0.2) is 30.3 Å². The van der Waals surface area contributed by atoms with Crippen molar-refractivity contribution >= 4 is 29.7 Å². The van der Waals surface area contributed by atoms with Gasteiger partial charge in [-0.15, -0.1) is 0 Å². The van der Waals surface area contributed by atoms with Crippen LogP contribution in [0.5, 0.6) is 0 Å². The average Bonchev–Trinajstić information content (AvgIpc) is 2.82. The van der Waals surface area contributed by atoms with E-state index in [-0.39, 0.29) is 37.7 Å². The van der Waals surface area contributed by atoms with E-state index in [2.05, 4.69) is 10.6 Å². The summed E-state index contributed by atoms with van der Waals surface area (Å²) in [6.07, 6.45) is 1.52. The van der Waals surface area contributed by atoms with Crippen LogP contribution in [0.2, 0.25) is 0 Å². The van der Waals surface area contributed by atoms with E-state index in [1.807, 2.05) is 0 Å². The molecule has 192 valence electrons. The Morgan fingerprint density at radius 2 is 1.63 bits per heavy atom. The molecule has 3 amide bonds. The SMILES string of the molecule is CC(=O)N[C@@H](CCCCN)C(=O)N1CCC(C(=O)N[C@@H](CC(=O)O)C(=O)O)(c2ccccc2)CC1. The van der Waals surface area contributed by atoms with E-state index in [9.17, 15) is 29.1 Å². The van der Waals surface area contributed by atoms with E-state index in [4.69, 9.17) is 10.8 Å². The average molecular weight is 491 g/mol. The number of amides is 3. The Kier molecular flexibility index (Phi) is 10.2. The number of nitrogens with one attached hydrogen (secondary N) is 2. The molecule has 11 heteroatoms.